The fourth-order valence-electron chi connectivity index (χ4n) is 2.63. The van der Waals surface area contributed by atoms with Gasteiger partial charge in [0.25, 0.3) is 0 Å². The molecule has 0 aliphatic rings. The van der Waals surface area contributed by atoms with Gasteiger partial charge in [0.05, 0.1) is 17.1 Å². The fourth-order valence-corrected chi connectivity index (χ4v) is 4.12. The van der Waals surface area contributed by atoms with E-state index in [0.29, 0.717) is 16.3 Å². The minimum absolute atomic E-state index is 0.0210. The van der Waals surface area contributed by atoms with Crippen LogP contribution >= 0.6 is 11.6 Å². The van der Waals surface area contributed by atoms with Gasteiger partial charge in [0.2, 0.25) is 0 Å². The van der Waals surface area contributed by atoms with Crippen LogP contribution in [0.15, 0.2) is 53.4 Å². The van der Waals surface area contributed by atoms with Crippen LogP contribution in [0, 0.1) is 0 Å². The number of carbonyl (C=O) groups is 1. The summed E-state index contributed by atoms with van der Waals surface area (Å²) >= 11 is 5.78. The van der Waals surface area contributed by atoms with Gasteiger partial charge >= 0.3 is 5.97 Å². The monoisotopic (exact) mass is 380 g/mol. The highest BCUT2D eigenvalue weighted by molar-refractivity contribution is 7.91. The summed E-state index contributed by atoms with van der Waals surface area (Å²) in [7, 11) is -3.27. The predicted octanol–water partition coefficient (Wildman–Crippen LogP) is 4.15. The Morgan fingerprint density at radius 1 is 0.960 bits per heavy atom. The molecule has 134 valence electrons. The van der Waals surface area contributed by atoms with E-state index in [1.165, 1.54) is 12.1 Å². The number of carboxylic acids is 1. The van der Waals surface area contributed by atoms with Crippen LogP contribution < -0.4 is 0 Å². The molecule has 1 N–H and O–H groups in total. The molecule has 0 saturated carbocycles. The van der Waals surface area contributed by atoms with Gasteiger partial charge in [0.1, 0.15) is 0 Å². The van der Waals surface area contributed by atoms with Crippen LogP contribution in [0.2, 0.25) is 5.02 Å². The van der Waals surface area contributed by atoms with Crippen LogP contribution in [-0.2, 0) is 27.5 Å². The van der Waals surface area contributed by atoms with E-state index in [4.69, 9.17) is 16.7 Å². The maximum atomic E-state index is 12.2. The Hall–Kier alpha value is -1.85. The van der Waals surface area contributed by atoms with Crippen molar-refractivity contribution in [2.45, 2.75) is 37.0 Å². The molecule has 0 aromatic heterocycles. The summed E-state index contributed by atoms with van der Waals surface area (Å²) in [4.78, 5) is 11.0. The summed E-state index contributed by atoms with van der Waals surface area (Å²) < 4.78 is 24.5. The number of hydrogen-bond acceptors (Lipinski definition) is 3. The zero-order valence-electron chi connectivity index (χ0n) is 13.8. The van der Waals surface area contributed by atoms with Crippen LogP contribution in [-0.4, -0.2) is 25.2 Å². The topological polar surface area (TPSA) is 71.4 Å². The van der Waals surface area contributed by atoms with Gasteiger partial charge in [-0.25, -0.2) is 8.42 Å². The van der Waals surface area contributed by atoms with E-state index in [1.807, 2.05) is 18.2 Å². The molecule has 0 heterocycles. The van der Waals surface area contributed by atoms with Gasteiger partial charge in [-0.05, 0) is 54.7 Å². The maximum Gasteiger partial charge on any atom is 0.307 e. The third-order valence-electron chi connectivity index (χ3n) is 3.90. The lowest BCUT2D eigenvalue weighted by Gasteiger charge is -2.06. The summed E-state index contributed by atoms with van der Waals surface area (Å²) in [6, 6.07) is 13.8. The average molecular weight is 381 g/mol. The van der Waals surface area contributed by atoms with Crippen molar-refractivity contribution in [2.24, 2.45) is 0 Å². The summed E-state index contributed by atoms with van der Waals surface area (Å²) in [5.41, 5.74) is 1.87. The molecule has 4 nitrogen and oxygen atoms in total. The molecule has 0 fully saturated rings. The Balaban J connectivity index is 1.78. The number of hydrogen-bond donors (Lipinski definition) is 1. The number of benzene rings is 2. The van der Waals surface area contributed by atoms with Gasteiger partial charge in [-0.15, -0.1) is 0 Å². The van der Waals surface area contributed by atoms with E-state index in [2.05, 4.69) is 0 Å². The van der Waals surface area contributed by atoms with Crippen LogP contribution in [0.4, 0.5) is 0 Å². The molecule has 0 saturated heterocycles. The van der Waals surface area contributed by atoms with Crippen LogP contribution in [0.5, 0.6) is 0 Å². The van der Waals surface area contributed by atoms with Crippen molar-refractivity contribution in [3.63, 3.8) is 0 Å². The highest BCUT2D eigenvalue weighted by Gasteiger charge is 2.13. The Kier molecular flexibility index (Phi) is 7.02. The SMILES string of the molecule is O=C(O)Cc1cccc(CCCCCS(=O)(=O)c2ccc(Cl)cc2)c1. The first-order valence-corrected chi connectivity index (χ1v) is 10.2. The number of aryl methyl sites for hydroxylation is 1. The lowest BCUT2D eigenvalue weighted by atomic mass is 10.0. The van der Waals surface area contributed by atoms with Gasteiger partial charge < -0.3 is 5.11 Å². The lowest BCUT2D eigenvalue weighted by molar-refractivity contribution is -0.136. The fraction of sp³-hybridized carbons (Fsp3) is 0.316. The highest BCUT2D eigenvalue weighted by atomic mass is 35.5. The first kappa shape index (κ1) is 19.5. The number of aliphatic carboxylic acids is 1. The first-order chi connectivity index (χ1) is 11.9. The summed E-state index contributed by atoms with van der Waals surface area (Å²) in [5, 5.41) is 9.34. The molecular formula is C19H21ClO4S. The zero-order valence-corrected chi connectivity index (χ0v) is 15.4. The standard InChI is InChI=1S/C19H21ClO4S/c20-17-8-10-18(11-9-17)25(23,24)12-3-1-2-5-15-6-4-7-16(13-15)14-19(21)22/h4,6-11,13H,1-3,5,12,14H2,(H,21,22). The molecule has 2 aromatic rings. The van der Waals surface area contributed by atoms with E-state index >= 15 is 0 Å². The van der Waals surface area contributed by atoms with Crippen molar-refractivity contribution >= 4 is 27.4 Å². The molecule has 0 spiro atoms. The molecular weight excluding hydrogens is 360 g/mol. The highest BCUT2D eigenvalue weighted by Crippen LogP contribution is 2.17. The largest absolute Gasteiger partial charge is 0.481 e. The number of unbranched alkanes of at least 4 members (excludes halogenated alkanes) is 2. The van der Waals surface area contributed by atoms with Crippen molar-refractivity contribution in [3.8, 4) is 0 Å². The summed E-state index contributed by atoms with van der Waals surface area (Å²) in [5.74, 6) is -0.724. The molecule has 2 rings (SSSR count). The summed E-state index contributed by atoms with van der Waals surface area (Å²) in [6.45, 7) is 0. The number of sulfone groups is 1. The molecule has 0 bridgehead atoms. The van der Waals surface area contributed by atoms with Crippen molar-refractivity contribution < 1.29 is 18.3 Å². The van der Waals surface area contributed by atoms with Crippen LogP contribution in [0.1, 0.15) is 30.4 Å². The quantitative estimate of drug-likeness (QED) is 0.663. The van der Waals surface area contributed by atoms with Gasteiger partial charge in [-0.2, -0.15) is 0 Å². The Labute approximate surface area is 153 Å². The van der Waals surface area contributed by atoms with Crippen LogP contribution in [0.25, 0.3) is 0 Å². The Morgan fingerprint density at radius 2 is 1.64 bits per heavy atom. The third-order valence-corrected chi connectivity index (χ3v) is 5.97. The van der Waals surface area contributed by atoms with Crippen molar-refractivity contribution in [2.75, 3.05) is 5.75 Å². The second kappa shape index (κ2) is 9.02. The van der Waals surface area contributed by atoms with E-state index in [-0.39, 0.29) is 12.2 Å². The zero-order chi connectivity index (χ0) is 18.3. The second-order valence-electron chi connectivity index (χ2n) is 5.97. The maximum absolute atomic E-state index is 12.2. The minimum atomic E-state index is -3.27. The molecule has 2 aromatic carbocycles. The molecule has 25 heavy (non-hydrogen) atoms. The number of halogens is 1. The molecule has 0 aliphatic carbocycles. The van der Waals surface area contributed by atoms with E-state index < -0.39 is 15.8 Å². The predicted molar refractivity (Wildman–Crippen MR) is 98.8 cm³/mol. The molecule has 0 unspecified atom stereocenters. The normalized spacial score (nSPS) is 11.4. The van der Waals surface area contributed by atoms with Gasteiger partial charge in [-0.1, -0.05) is 42.3 Å². The second-order valence-corrected chi connectivity index (χ2v) is 8.52. The molecule has 0 atom stereocenters. The molecule has 0 radical (unpaired) electrons. The van der Waals surface area contributed by atoms with Gasteiger partial charge in [0.15, 0.2) is 9.84 Å². The van der Waals surface area contributed by atoms with E-state index in [9.17, 15) is 13.2 Å². The van der Waals surface area contributed by atoms with E-state index in [1.54, 1.807) is 18.2 Å². The minimum Gasteiger partial charge on any atom is -0.481 e. The Bertz CT molecular complexity index is 814. The van der Waals surface area contributed by atoms with Crippen molar-refractivity contribution in [1.82, 2.24) is 0 Å². The smallest absolute Gasteiger partial charge is 0.307 e. The van der Waals surface area contributed by atoms with Gasteiger partial charge in [-0.3, -0.25) is 4.79 Å². The average Bonchev–Trinajstić information content (AvgIpc) is 2.54. The molecule has 6 heteroatoms. The lowest BCUT2D eigenvalue weighted by Crippen LogP contribution is -2.06. The van der Waals surface area contributed by atoms with Crippen molar-refractivity contribution in [3.05, 3.63) is 64.7 Å². The Morgan fingerprint density at radius 3 is 2.32 bits per heavy atom. The number of carboxylic acid groups (broad SMARTS) is 1. The first-order valence-electron chi connectivity index (χ1n) is 8.15. The molecule has 0 aliphatic heterocycles. The van der Waals surface area contributed by atoms with Crippen molar-refractivity contribution in [1.29, 1.82) is 0 Å². The number of rotatable bonds is 9. The van der Waals surface area contributed by atoms with Gasteiger partial charge in [0, 0.05) is 5.02 Å². The van der Waals surface area contributed by atoms with Crippen LogP contribution in [0.3, 0.4) is 0 Å². The third kappa shape index (κ3) is 6.52. The van der Waals surface area contributed by atoms with E-state index in [0.717, 1.165) is 30.4 Å². The molecule has 0 amide bonds. The summed E-state index contributed by atoms with van der Waals surface area (Å²) in [6.07, 6.45) is 3.10.